The normalized spacial score (nSPS) is 27.8. The topological polar surface area (TPSA) is 27.7 Å². The van der Waals surface area contributed by atoms with Crippen molar-refractivity contribution in [1.82, 2.24) is 15.1 Å². The highest BCUT2D eigenvalue weighted by molar-refractivity contribution is 4.74. The Labute approximate surface area is 112 Å². The molecule has 0 aromatic rings. The molecule has 2 heterocycles. The highest BCUT2D eigenvalue weighted by atomic mass is 16.5. The van der Waals surface area contributed by atoms with Crippen molar-refractivity contribution in [2.24, 2.45) is 5.92 Å². The minimum atomic E-state index is 0.404. The molecule has 2 aliphatic rings. The lowest BCUT2D eigenvalue weighted by atomic mass is 9.94. The molecule has 106 valence electrons. The summed E-state index contributed by atoms with van der Waals surface area (Å²) in [7, 11) is 4.42. The minimum Gasteiger partial charge on any atom is -0.374 e. The second-order valence-electron chi connectivity index (χ2n) is 6.00. The Morgan fingerprint density at radius 2 is 2.11 bits per heavy atom. The van der Waals surface area contributed by atoms with E-state index < -0.39 is 0 Å². The molecule has 1 N–H and O–H groups in total. The summed E-state index contributed by atoms with van der Waals surface area (Å²) in [6.07, 6.45) is 4.47. The van der Waals surface area contributed by atoms with E-state index >= 15 is 0 Å². The Balaban J connectivity index is 1.60. The van der Waals surface area contributed by atoms with Gasteiger partial charge in [-0.05, 0) is 58.9 Å². The van der Waals surface area contributed by atoms with Gasteiger partial charge < -0.3 is 19.9 Å². The van der Waals surface area contributed by atoms with E-state index in [9.17, 15) is 0 Å². The van der Waals surface area contributed by atoms with Crippen LogP contribution in [0.15, 0.2) is 0 Å². The van der Waals surface area contributed by atoms with Crippen molar-refractivity contribution in [3.63, 3.8) is 0 Å². The van der Waals surface area contributed by atoms with Gasteiger partial charge in [-0.2, -0.15) is 0 Å². The fraction of sp³-hybridized carbons (Fsp3) is 1.00. The Kier molecular flexibility index (Phi) is 5.89. The number of morpholine rings is 1. The maximum atomic E-state index is 5.82. The van der Waals surface area contributed by atoms with Gasteiger partial charge in [0.25, 0.3) is 0 Å². The molecule has 4 heteroatoms. The molecular formula is C14H29N3O. The summed E-state index contributed by atoms with van der Waals surface area (Å²) >= 11 is 0. The zero-order chi connectivity index (χ0) is 12.8. The molecule has 18 heavy (non-hydrogen) atoms. The van der Waals surface area contributed by atoms with E-state index in [1.54, 1.807) is 0 Å². The van der Waals surface area contributed by atoms with Gasteiger partial charge in [0.15, 0.2) is 0 Å². The molecular weight excluding hydrogens is 226 g/mol. The van der Waals surface area contributed by atoms with Gasteiger partial charge in [-0.25, -0.2) is 0 Å². The molecule has 0 aliphatic carbocycles. The monoisotopic (exact) mass is 255 g/mol. The van der Waals surface area contributed by atoms with Crippen LogP contribution in [-0.4, -0.2) is 75.9 Å². The molecule has 0 bridgehead atoms. The number of piperidine rings is 1. The van der Waals surface area contributed by atoms with Crippen LogP contribution in [-0.2, 0) is 4.74 Å². The summed E-state index contributed by atoms with van der Waals surface area (Å²) in [5, 5.41) is 3.43. The van der Waals surface area contributed by atoms with Crippen molar-refractivity contribution >= 4 is 0 Å². The first-order chi connectivity index (χ1) is 8.74. The van der Waals surface area contributed by atoms with Crippen molar-refractivity contribution in [1.29, 1.82) is 0 Å². The Bertz CT molecular complexity index is 231. The maximum absolute atomic E-state index is 5.82. The van der Waals surface area contributed by atoms with Crippen LogP contribution in [0.2, 0.25) is 0 Å². The molecule has 0 radical (unpaired) electrons. The Hall–Kier alpha value is -0.160. The number of likely N-dealkylation sites (N-methyl/N-ethyl adjacent to an activating group) is 2. The third-order valence-corrected chi connectivity index (χ3v) is 4.23. The van der Waals surface area contributed by atoms with Crippen molar-refractivity contribution in [3.05, 3.63) is 0 Å². The molecule has 2 rings (SSSR count). The Morgan fingerprint density at radius 1 is 1.33 bits per heavy atom. The van der Waals surface area contributed by atoms with Crippen LogP contribution < -0.4 is 5.32 Å². The number of hydrogen-bond acceptors (Lipinski definition) is 4. The molecule has 0 amide bonds. The summed E-state index contributed by atoms with van der Waals surface area (Å²) in [4.78, 5) is 4.82. The summed E-state index contributed by atoms with van der Waals surface area (Å²) in [5.74, 6) is 0.934. The van der Waals surface area contributed by atoms with E-state index in [-0.39, 0.29) is 0 Å². The van der Waals surface area contributed by atoms with Crippen LogP contribution in [0, 0.1) is 5.92 Å². The molecule has 2 saturated heterocycles. The third-order valence-electron chi connectivity index (χ3n) is 4.23. The summed E-state index contributed by atoms with van der Waals surface area (Å²) < 4.78 is 5.82. The van der Waals surface area contributed by atoms with Crippen molar-refractivity contribution in [2.75, 3.05) is 60.0 Å². The average Bonchev–Trinajstić information content (AvgIpc) is 2.38. The van der Waals surface area contributed by atoms with Gasteiger partial charge in [-0.1, -0.05) is 0 Å². The number of nitrogens with one attached hydrogen (secondary N) is 1. The molecule has 1 atom stereocenters. The van der Waals surface area contributed by atoms with Gasteiger partial charge >= 0.3 is 0 Å². The standard InChI is InChI=1S/C14H29N3O/c1-16(8-5-13-3-6-15-7-4-13)11-14-12-17(2)9-10-18-14/h13-15H,3-12H2,1-2H3. The second-order valence-corrected chi connectivity index (χ2v) is 6.00. The highest BCUT2D eigenvalue weighted by Gasteiger charge is 2.20. The lowest BCUT2D eigenvalue weighted by Gasteiger charge is -2.33. The molecule has 2 fully saturated rings. The van der Waals surface area contributed by atoms with Crippen LogP contribution in [0.25, 0.3) is 0 Å². The van der Waals surface area contributed by atoms with Crippen LogP contribution in [0.1, 0.15) is 19.3 Å². The molecule has 0 saturated carbocycles. The van der Waals surface area contributed by atoms with E-state index in [2.05, 4.69) is 29.2 Å². The van der Waals surface area contributed by atoms with Crippen LogP contribution in [0.3, 0.4) is 0 Å². The molecule has 0 aromatic heterocycles. The van der Waals surface area contributed by atoms with E-state index in [0.717, 1.165) is 32.2 Å². The molecule has 0 aromatic carbocycles. The van der Waals surface area contributed by atoms with Crippen LogP contribution in [0.5, 0.6) is 0 Å². The predicted molar refractivity (Wildman–Crippen MR) is 74.9 cm³/mol. The summed E-state index contributed by atoms with van der Waals surface area (Å²) in [5.41, 5.74) is 0. The van der Waals surface area contributed by atoms with E-state index in [4.69, 9.17) is 4.74 Å². The largest absolute Gasteiger partial charge is 0.374 e. The zero-order valence-corrected chi connectivity index (χ0v) is 12.0. The van der Waals surface area contributed by atoms with Gasteiger partial charge in [0.1, 0.15) is 0 Å². The van der Waals surface area contributed by atoms with E-state index in [1.165, 1.54) is 38.9 Å². The molecule has 4 nitrogen and oxygen atoms in total. The van der Waals surface area contributed by atoms with E-state index in [0.29, 0.717) is 6.10 Å². The quantitative estimate of drug-likeness (QED) is 0.780. The van der Waals surface area contributed by atoms with Crippen molar-refractivity contribution in [2.45, 2.75) is 25.4 Å². The van der Waals surface area contributed by atoms with Gasteiger partial charge in [-0.15, -0.1) is 0 Å². The number of ether oxygens (including phenoxy) is 1. The average molecular weight is 255 g/mol. The van der Waals surface area contributed by atoms with Gasteiger partial charge in [0.2, 0.25) is 0 Å². The second kappa shape index (κ2) is 7.43. The smallest absolute Gasteiger partial charge is 0.0829 e. The summed E-state index contributed by atoms with van der Waals surface area (Å²) in [6, 6.07) is 0. The summed E-state index contributed by atoms with van der Waals surface area (Å²) in [6.45, 7) is 7.77. The molecule has 0 spiro atoms. The highest BCUT2D eigenvalue weighted by Crippen LogP contribution is 2.16. The zero-order valence-electron chi connectivity index (χ0n) is 12.0. The first-order valence-corrected chi connectivity index (χ1v) is 7.43. The number of nitrogens with zero attached hydrogens (tertiary/aromatic N) is 2. The maximum Gasteiger partial charge on any atom is 0.0829 e. The SMILES string of the molecule is CN1CCOC(CN(C)CCC2CCNCC2)C1. The lowest BCUT2D eigenvalue weighted by Crippen LogP contribution is -2.45. The van der Waals surface area contributed by atoms with Gasteiger partial charge in [-0.3, -0.25) is 0 Å². The van der Waals surface area contributed by atoms with Crippen LogP contribution in [0.4, 0.5) is 0 Å². The van der Waals surface area contributed by atoms with Crippen LogP contribution >= 0.6 is 0 Å². The van der Waals surface area contributed by atoms with Crippen molar-refractivity contribution in [3.8, 4) is 0 Å². The first-order valence-electron chi connectivity index (χ1n) is 7.43. The number of hydrogen-bond donors (Lipinski definition) is 1. The van der Waals surface area contributed by atoms with E-state index in [1.807, 2.05) is 0 Å². The first kappa shape index (κ1) is 14.3. The fourth-order valence-corrected chi connectivity index (χ4v) is 2.99. The predicted octanol–water partition coefficient (Wildman–Crippen LogP) is 0.639. The Morgan fingerprint density at radius 3 is 2.83 bits per heavy atom. The fourth-order valence-electron chi connectivity index (χ4n) is 2.99. The van der Waals surface area contributed by atoms with Gasteiger partial charge in [0, 0.05) is 19.6 Å². The third kappa shape index (κ3) is 4.84. The van der Waals surface area contributed by atoms with Crippen molar-refractivity contribution < 1.29 is 4.74 Å². The lowest BCUT2D eigenvalue weighted by molar-refractivity contribution is -0.0329. The minimum absolute atomic E-state index is 0.404. The molecule has 1 unspecified atom stereocenters. The molecule has 2 aliphatic heterocycles. The number of rotatable bonds is 5. The van der Waals surface area contributed by atoms with Gasteiger partial charge in [0.05, 0.1) is 12.7 Å².